The molecule has 2 aromatic heterocycles. The van der Waals surface area contributed by atoms with Gasteiger partial charge in [-0.05, 0) is 58.7 Å². The maximum atomic E-state index is 13.1. The van der Waals surface area contributed by atoms with Gasteiger partial charge in [-0.2, -0.15) is 0 Å². The van der Waals surface area contributed by atoms with Crippen molar-refractivity contribution < 1.29 is 4.79 Å². The van der Waals surface area contributed by atoms with Crippen molar-refractivity contribution in [3.63, 3.8) is 0 Å². The minimum Gasteiger partial charge on any atom is -0.325 e. The van der Waals surface area contributed by atoms with Gasteiger partial charge in [-0.3, -0.25) is 14.2 Å². The van der Waals surface area contributed by atoms with E-state index in [9.17, 15) is 9.59 Å². The van der Waals surface area contributed by atoms with E-state index in [1.165, 1.54) is 23.1 Å². The highest BCUT2D eigenvalue weighted by Crippen LogP contribution is 2.29. The molecule has 0 aliphatic carbocycles. The van der Waals surface area contributed by atoms with Crippen LogP contribution in [0.3, 0.4) is 0 Å². The van der Waals surface area contributed by atoms with Crippen molar-refractivity contribution in [1.29, 1.82) is 0 Å². The summed E-state index contributed by atoms with van der Waals surface area (Å²) in [5, 5.41) is 4.23. The summed E-state index contributed by atoms with van der Waals surface area (Å²) in [5.74, 6) is 0.0848. The van der Waals surface area contributed by atoms with Gasteiger partial charge in [-0.1, -0.05) is 29.5 Å². The van der Waals surface area contributed by atoms with Crippen molar-refractivity contribution >= 4 is 44.9 Å². The predicted molar refractivity (Wildman–Crippen MR) is 119 cm³/mol. The van der Waals surface area contributed by atoms with Crippen LogP contribution in [0.25, 0.3) is 10.2 Å². The van der Waals surface area contributed by atoms with Crippen LogP contribution in [0.2, 0.25) is 0 Å². The van der Waals surface area contributed by atoms with Crippen molar-refractivity contribution in [2.24, 2.45) is 0 Å². The number of carbonyl (C=O) groups is 1. The van der Waals surface area contributed by atoms with E-state index in [4.69, 9.17) is 4.98 Å². The molecule has 5 nitrogen and oxygen atoms in total. The second-order valence-corrected chi connectivity index (χ2v) is 9.43. The minimum absolute atomic E-state index is 0.0286. The summed E-state index contributed by atoms with van der Waals surface area (Å²) in [6, 6.07) is 5.90. The molecule has 7 heteroatoms. The van der Waals surface area contributed by atoms with Crippen LogP contribution in [-0.2, 0) is 4.79 Å². The second kappa shape index (κ2) is 8.09. The van der Waals surface area contributed by atoms with Gasteiger partial charge in [0.2, 0.25) is 5.91 Å². The SMILES string of the molecule is Cc1ccc(NC(=O)CSc2nc3sc(C)c(C)c3c(=O)n2C(C)C)c(C)c1. The van der Waals surface area contributed by atoms with Crippen LogP contribution >= 0.6 is 23.1 Å². The zero-order chi connectivity index (χ0) is 20.6. The summed E-state index contributed by atoms with van der Waals surface area (Å²) in [6.45, 7) is 11.9. The summed E-state index contributed by atoms with van der Waals surface area (Å²) >= 11 is 2.83. The largest absolute Gasteiger partial charge is 0.325 e. The highest BCUT2D eigenvalue weighted by Gasteiger charge is 2.19. The molecule has 28 heavy (non-hydrogen) atoms. The van der Waals surface area contributed by atoms with Gasteiger partial charge < -0.3 is 5.32 Å². The Labute approximate surface area is 173 Å². The molecule has 1 aromatic carbocycles. The maximum Gasteiger partial charge on any atom is 0.263 e. The lowest BCUT2D eigenvalue weighted by atomic mass is 10.1. The zero-order valence-electron chi connectivity index (χ0n) is 17.0. The number of anilines is 1. The summed E-state index contributed by atoms with van der Waals surface area (Å²) < 4.78 is 1.69. The van der Waals surface area contributed by atoms with E-state index in [0.29, 0.717) is 10.5 Å². The first-order chi connectivity index (χ1) is 13.2. The Kier molecular flexibility index (Phi) is 5.95. The fraction of sp³-hybridized carbons (Fsp3) is 0.381. The third kappa shape index (κ3) is 4.00. The standard InChI is InChI=1S/C21H25N3O2S2/c1-11(2)24-20(26)18-14(5)15(6)28-19(18)23-21(24)27-10-17(25)22-16-8-7-12(3)9-13(16)4/h7-9,11H,10H2,1-6H3,(H,22,25). The van der Waals surface area contributed by atoms with Gasteiger partial charge in [0.1, 0.15) is 4.83 Å². The number of hydrogen-bond donors (Lipinski definition) is 1. The molecular weight excluding hydrogens is 390 g/mol. The molecule has 0 unspecified atom stereocenters. The molecular formula is C21H25N3O2S2. The lowest BCUT2D eigenvalue weighted by molar-refractivity contribution is -0.113. The molecule has 1 amide bonds. The molecule has 0 aliphatic rings. The number of fused-ring (bicyclic) bond motifs is 1. The topological polar surface area (TPSA) is 64.0 Å². The first-order valence-corrected chi connectivity index (χ1v) is 11.0. The Hall–Kier alpha value is -2.12. The minimum atomic E-state index is -0.111. The number of carbonyl (C=O) groups excluding carboxylic acids is 1. The molecule has 148 valence electrons. The highest BCUT2D eigenvalue weighted by molar-refractivity contribution is 7.99. The number of rotatable bonds is 5. The predicted octanol–water partition coefficient (Wildman–Crippen LogP) is 5.00. The van der Waals surface area contributed by atoms with Gasteiger partial charge in [0.15, 0.2) is 5.16 Å². The number of benzene rings is 1. The average molecular weight is 416 g/mol. The number of amides is 1. The molecule has 0 spiro atoms. The van der Waals surface area contributed by atoms with Crippen LogP contribution in [0.5, 0.6) is 0 Å². The monoisotopic (exact) mass is 415 g/mol. The van der Waals surface area contributed by atoms with E-state index in [0.717, 1.165) is 32.1 Å². The van der Waals surface area contributed by atoms with Gasteiger partial charge in [0, 0.05) is 16.6 Å². The molecule has 3 aromatic rings. The Morgan fingerprint density at radius 3 is 2.61 bits per heavy atom. The van der Waals surface area contributed by atoms with Gasteiger partial charge in [0.05, 0.1) is 11.1 Å². The zero-order valence-corrected chi connectivity index (χ0v) is 18.7. The molecule has 0 saturated carbocycles. The Bertz CT molecular complexity index is 1110. The van der Waals surface area contributed by atoms with E-state index >= 15 is 0 Å². The third-order valence-corrected chi connectivity index (χ3v) is 6.76. The molecule has 0 radical (unpaired) electrons. The van der Waals surface area contributed by atoms with Crippen LogP contribution in [0.15, 0.2) is 28.2 Å². The average Bonchev–Trinajstić information content (AvgIpc) is 2.89. The van der Waals surface area contributed by atoms with E-state index in [1.54, 1.807) is 4.57 Å². The van der Waals surface area contributed by atoms with E-state index in [-0.39, 0.29) is 23.3 Å². The van der Waals surface area contributed by atoms with Crippen LogP contribution < -0.4 is 10.9 Å². The fourth-order valence-electron chi connectivity index (χ4n) is 3.12. The summed E-state index contributed by atoms with van der Waals surface area (Å²) in [6.07, 6.45) is 0. The summed E-state index contributed by atoms with van der Waals surface area (Å²) in [4.78, 5) is 32.1. The Balaban J connectivity index is 1.86. The Morgan fingerprint density at radius 2 is 1.96 bits per heavy atom. The van der Waals surface area contributed by atoms with Crippen LogP contribution in [-0.4, -0.2) is 21.2 Å². The van der Waals surface area contributed by atoms with E-state index in [2.05, 4.69) is 5.32 Å². The van der Waals surface area contributed by atoms with Crippen molar-refractivity contribution in [2.75, 3.05) is 11.1 Å². The highest BCUT2D eigenvalue weighted by atomic mass is 32.2. The molecule has 1 N–H and O–H groups in total. The van der Waals surface area contributed by atoms with Gasteiger partial charge >= 0.3 is 0 Å². The maximum absolute atomic E-state index is 13.1. The smallest absolute Gasteiger partial charge is 0.263 e. The van der Waals surface area contributed by atoms with Gasteiger partial charge in [0.25, 0.3) is 5.56 Å². The summed E-state index contributed by atoms with van der Waals surface area (Å²) in [7, 11) is 0. The quantitative estimate of drug-likeness (QED) is 0.470. The van der Waals surface area contributed by atoms with Crippen LogP contribution in [0.4, 0.5) is 5.69 Å². The number of thiophene rings is 1. The number of nitrogens with zero attached hydrogens (tertiary/aromatic N) is 2. The lowest BCUT2D eigenvalue weighted by Crippen LogP contribution is -2.25. The van der Waals surface area contributed by atoms with Crippen molar-refractivity contribution in [2.45, 2.75) is 52.7 Å². The van der Waals surface area contributed by atoms with E-state index < -0.39 is 0 Å². The molecule has 2 heterocycles. The van der Waals surface area contributed by atoms with Crippen LogP contribution in [0, 0.1) is 27.7 Å². The van der Waals surface area contributed by atoms with Crippen LogP contribution in [0.1, 0.15) is 41.5 Å². The fourth-order valence-corrected chi connectivity index (χ4v) is 5.11. The normalized spacial score (nSPS) is 11.4. The number of hydrogen-bond acceptors (Lipinski definition) is 5. The van der Waals surface area contributed by atoms with Gasteiger partial charge in [-0.25, -0.2) is 4.98 Å². The third-order valence-electron chi connectivity index (χ3n) is 4.71. The second-order valence-electron chi connectivity index (χ2n) is 7.28. The molecule has 0 bridgehead atoms. The lowest BCUT2D eigenvalue weighted by Gasteiger charge is -2.15. The number of thioether (sulfide) groups is 1. The molecule has 3 rings (SSSR count). The number of aromatic nitrogens is 2. The molecule has 0 atom stereocenters. The molecule has 0 saturated heterocycles. The number of aryl methyl sites for hydroxylation is 4. The van der Waals surface area contributed by atoms with Crippen molar-refractivity contribution in [3.8, 4) is 0 Å². The van der Waals surface area contributed by atoms with Gasteiger partial charge in [-0.15, -0.1) is 11.3 Å². The molecule has 0 fully saturated rings. The first kappa shape index (κ1) is 20.6. The molecule has 0 aliphatic heterocycles. The summed E-state index contributed by atoms with van der Waals surface area (Å²) in [5.41, 5.74) is 3.96. The van der Waals surface area contributed by atoms with Crippen molar-refractivity contribution in [3.05, 3.63) is 50.1 Å². The number of nitrogens with one attached hydrogen (secondary N) is 1. The first-order valence-electron chi connectivity index (χ1n) is 9.21. The van der Waals surface area contributed by atoms with E-state index in [1.807, 2.05) is 59.7 Å². The Morgan fingerprint density at radius 1 is 1.25 bits per heavy atom. The van der Waals surface area contributed by atoms with Crippen molar-refractivity contribution in [1.82, 2.24) is 9.55 Å².